The van der Waals surface area contributed by atoms with Crippen molar-refractivity contribution in [1.29, 1.82) is 0 Å². The van der Waals surface area contributed by atoms with Gasteiger partial charge in [0, 0.05) is 31.5 Å². The summed E-state index contributed by atoms with van der Waals surface area (Å²) in [5.41, 5.74) is 5.33. The van der Waals surface area contributed by atoms with E-state index in [-0.39, 0.29) is 11.7 Å². The van der Waals surface area contributed by atoms with E-state index in [0.29, 0.717) is 13.1 Å². The minimum Gasteiger partial charge on any atom is -0.327 e. The first-order chi connectivity index (χ1) is 6.66. The maximum atomic E-state index is 11.7. The molecule has 0 aliphatic rings. The van der Waals surface area contributed by atoms with Gasteiger partial charge in [0.15, 0.2) is 0 Å². The largest absolute Gasteiger partial charge is 0.328 e. The Kier molecular flexibility index (Phi) is 3.71. The zero-order chi connectivity index (χ0) is 10.6. The van der Waals surface area contributed by atoms with Gasteiger partial charge in [-0.2, -0.15) is 0 Å². The fraction of sp³-hybridized carbons (Fsp3) is 0.500. The summed E-state index contributed by atoms with van der Waals surface area (Å²) in [6.07, 6.45) is 7.34. The molecule has 0 saturated carbocycles. The molecule has 0 radical (unpaired) electrons. The van der Waals surface area contributed by atoms with Crippen molar-refractivity contribution in [3.63, 3.8) is 0 Å². The monoisotopic (exact) mass is 195 g/mol. The minimum absolute atomic E-state index is 0.0293. The second kappa shape index (κ2) is 4.81. The lowest BCUT2D eigenvalue weighted by Crippen LogP contribution is -2.24. The maximum absolute atomic E-state index is 11.7. The standard InChI is InChI=1S/C10H17N3O/c1-9(2)13-8-7-12(10(13)14)6-4-3-5-11/h3-4,7-9H,5-6,11H2,1-2H3/b4-3+. The van der Waals surface area contributed by atoms with Gasteiger partial charge in [-0.15, -0.1) is 0 Å². The summed E-state index contributed by atoms with van der Waals surface area (Å²) in [4.78, 5) is 11.7. The molecule has 1 rings (SSSR count). The van der Waals surface area contributed by atoms with Crippen LogP contribution in [0.15, 0.2) is 29.3 Å². The SMILES string of the molecule is CC(C)n1ccn(C/C=C/CN)c1=O. The molecule has 4 nitrogen and oxygen atoms in total. The van der Waals surface area contributed by atoms with Crippen molar-refractivity contribution < 1.29 is 0 Å². The normalized spacial score (nSPS) is 11.7. The van der Waals surface area contributed by atoms with Gasteiger partial charge in [-0.05, 0) is 13.8 Å². The molecule has 4 heteroatoms. The van der Waals surface area contributed by atoms with Crippen LogP contribution in [0.1, 0.15) is 19.9 Å². The summed E-state index contributed by atoms with van der Waals surface area (Å²) in [6.45, 7) is 5.08. The molecule has 0 amide bonds. The number of hydrogen-bond donors (Lipinski definition) is 1. The number of allylic oxidation sites excluding steroid dienone is 1. The number of nitrogens with two attached hydrogens (primary N) is 1. The van der Waals surface area contributed by atoms with Crippen LogP contribution < -0.4 is 11.4 Å². The van der Waals surface area contributed by atoms with Crippen LogP contribution in [0.25, 0.3) is 0 Å². The second-order valence-electron chi connectivity index (χ2n) is 3.44. The number of imidazole rings is 1. The van der Waals surface area contributed by atoms with Gasteiger partial charge in [-0.3, -0.25) is 9.13 Å². The van der Waals surface area contributed by atoms with Gasteiger partial charge in [0.05, 0.1) is 0 Å². The molecule has 0 bridgehead atoms. The smallest absolute Gasteiger partial charge is 0.327 e. The van der Waals surface area contributed by atoms with Gasteiger partial charge in [-0.25, -0.2) is 4.79 Å². The predicted molar refractivity (Wildman–Crippen MR) is 57.3 cm³/mol. The Labute approximate surface area is 83.6 Å². The molecule has 0 atom stereocenters. The van der Waals surface area contributed by atoms with Crippen LogP contribution in [0.4, 0.5) is 0 Å². The van der Waals surface area contributed by atoms with Crippen molar-refractivity contribution in [3.8, 4) is 0 Å². The molecule has 1 aromatic rings. The Bertz CT molecular complexity index is 360. The second-order valence-corrected chi connectivity index (χ2v) is 3.44. The number of aromatic nitrogens is 2. The van der Waals surface area contributed by atoms with Crippen LogP contribution in [-0.4, -0.2) is 15.7 Å². The molecule has 14 heavy (non-hydrogen) atoms. The molecule has 1 heterocycles. The molecule has 0 spiro atoms. The van der Waals surface area contributed by atoms with Crippen molar-refractivity contribution in [3.05, 3.63) is 35.0 Å². The number of hydrogen-bond acceptors (Lipinski definition) is 2. The van der Waals surface area contributed by atoms with Crippen LogP contribution >= 0.6 is 0 Å². The lowest BCUT2D eigenvalue weighted by molar-refractivity contribution is 0.562. The molecule has 0 fully saturated rings. The van der Waals surface area contributed by atoms with Crippen molar-refractivity contribution in [2.45, 2.75) is 26.4 Å². The van der Waals surface area contributed by atoms with Crippen LogP contribution in [-0.2, 0) is 6.54 Å². The Morgan fingerprint density at radius 3 is 2.64 bits per heavy atom. The van der Waals surface area contributed by atoms with Gasteiger partial charge in [-0.1, -0.05) is 12.2 Å². The van der Waals surface area contributed by atoms with Crippen LogP contribution in [0, 0.1) is 0 Å². The highest BCUT2D eigenvalue weighted by atomic mass is 16.1. The lowest BCUT2D eigenvalue weighted by Gasteiger charge is -2.03. The number of rotatable bonds is 4. The molecule has 0 saturated heterocycles. The molecule has 0 aromatic carbocycles. The third kappa shape index (κ3) is 2.35. The van der Waals surface area contributed by atoms with E-state index in [1.807, 2.05) is 32.2 Å². The zero-order valence-corrected chi connectivity index (χ0v) is 8.68. The summed E-state index contributed by atoms with van der Waals surface area (Å²) in [6, 6.07) is 0.210. The van der Waals surface area contributed by atoms with E-state index in [1.54, 1.807) is 15.3 Å². The van der Waals surface area contributed by atoms with Crippen LogP contribution in [0.5, 0.6) is 0 Å². The highest BCUT2D eigenvalue weighted by Gasteiger charge is 2.03. The topological polar surface area (TPSA) is 52.9 Å². The highest BCUT2D eigenvalue weighted by molar-refractivity contribution is 4.89. The van der Waals surface area contributed by atoms with E-state index in [2.05, 4.69) is 0 Å². The van der Waals surface area contributed by atoms with Crippen LogP contribution in [0.2, 0.25) is 0 Å². The third-order valence-corrected chi connectivity index (χ3v) is 2.03. The average molecular weight is 195 g/mol. The van der Waals surface area contributed by atoms with E-state index in [1.165, 1.54) is 0 Å². The minimum atomic E-state index is 0.0293. The van der Waals surface area contributed by atoms with E-state index < -0.39 is 0 Å². The molecular weight excluding hydrogens is 178 g/mol. The molecular formula is C10H17N3O. The Morgan fingerprint density at radius 1 is 1.43 bits per heavy atom. The van der Waals surface area contributed by atoms with Gasteiger partial charge >= 0.3 is 5.69 Å². The summed E-state index contributed by atoms with van der Waals surface area (Å²) in [5, 5.41) is 0. The van der Waals surface area contributed by atoms with Crippen molar-refractivity contribution >= 4 is 0 Å². The summed E-state index contributed by atoms with van der Waals surface area (Å²) in [5.74, 6) is 0. The maximum Gasteiger partial charge on any atom is 0.328 e. The average Bonchev–Trinajstić information content (AvgIpc) is 2.48. The van der Waals surface area contributed by atoms with E-state index in [0.717, 1.165) is 0 Å². The molecule has 0 aliphatic carbocycles. The van der Waals surface area contributed by atoms with E-state index in [9.17, 15) is 4.79 Å². The van der Waals surface area contributed by atoms with Gasteiger partial charge in [0.1, 0.15) is 0 Å². The number of nitrogens with zero attached hydrogens (tertiary/aromatic N) is 2. The molecule has 78 valence electrons. The fourth-order valence-electron chi connectivity index (χ4n) is 1.24. The van der Waals surface area contributed by atoms with Crippen molar-refractivity contribution in [2.75, 3.05) is 6.54 Å². The molecule has 1 aromatic heterocycles. The Balaban J connectivity index is 2.80. The summed E-state index contributed by atoms with van der Waals surface area (Å²) in [7, 11) is 0. The first kappa shape index (κ1) is 10.8. The Hall–Kier alpha value is -1.29. The van der Waals surface area contributed by atoms with Crippen LogP contribution in [0.3, 0.4) is 0 Å². The molecule has 0 unspecified atom stereocenters. The lowest BCUT2D eigenvalue weighted by atomic mass is 10.4. The molecule has 2 N–H and O–H groups in total. The summed E-state index contributed by atoms with van der Waals surface area (Å²) < 4.78 is 3.36. The van der Waals surface area contributed by atoms with E-state index >= 15 is 0 Å². The highest BCUT2D eigenvalue weighted by Crippen LogP contribution is 1.98. The first-order valence-corrected chi connectivity index (χ1v) is 4.79. The third-order valence-electron chi connectivity index (χ3n) is 2.03. The summed E-state index contributed by atoms with van der Waals surface area (Å²) >= 11 is 0. The zero-order valence-electron chi connectivity index (χ0n) is 8.68. The fourth-order valence-corrected chi connectivity index (χ4v) is 1.24. The van der Waals surface area contributed by atoms with E-state index in [4.69, 9.17) is 5.73 Å². The quantitative estimate of drug-likeness (QED) is 0.721. The predicted octanol–water partition coefficient (Wildman–Crippen LogP) is 0.746. The van der Waals surface area contributed by atoms with Crippen molar-refractivity contribution in [1.82, 2.24) is 9.13 Å². The van der Waals surface area contributed by atoms with Gasteiger partial charge < -0.3 is 5.73 Å². The first-order valence-electron chi connectivity index (χ1n) is 4.79. The Morgan fingerprint density at radius 2 is 2.14 bits per heavy atom. The van der Waals surface area contributed by atoms with Gasteiger partial charge in [0.2, 0.25) is 0 Å². The van der Waals surface area contributed by atoms with Gasteiger partial charge in [0.25, 0.3) is 0 Å². The van der Waals surface area contributed by atoms with Crippen molar-refractivity contribution in [2.24, 2.45) is 5.73 Å². The molecule has 0 aliphatic heterocycles.